The van der Waals surface area contributed by atoms with Crippen molar-refractivity contribution in [3.63, 3.8) is 0 Å². The first-order valence-electron chi connectivity index (χ1n) is 14.3. The largest absolute Gasteiger partial charge is 0.353 e. The molecule has 2 fully saturated rings. The lowest BCUT2D eigenvalue weighted by Gasteiger charge is -2.36. The van der Waals surface area contributed by atoms with E-state index in [0.29, 0.717) is 11.5 Å². The fourth-order valence-electron chi connectivity index (χ4n) is 5.88. The molecule has 1 amide bonds. The molecule has 2 aromatic carbocycles. The van der Waals surface area contributed by atoms with Crippen LogP contribution in [-0.2, 0) is 6.42 Å². The van der Waals surface area contributed by atoms with Gasteiger partial charge in [-0.15, -0.1) is 5.10 Å². The number of amides is 1. The Hall–Kier alpha value is -4.00. The molecule has 6 rings (SSSR count). The molecule has 1 saturated heterocycles. The smallest absolute Gasteiger partial charge is 0.252 e. The summed E-state index contributed by atoms with van der Waals surface area (Å²) in [5.41, 5.74) is 2.87. The summed E-state index contributed by atoms with van der Waals surface area (Å²) in [4.78, 5) is 21.9. The number of hydrogen-bond donors (Lipinski definition) is 1. The van der Waals surface area contributed by atoms with Gasteiger partial charge >= 0.3 is 0 Å². The van der Waals surface area contributed by atoms with E-state index in [2.05, 4.69) is 73.7 Å². The Balaban J connectivity index is 1.08. The van der Waals surface area contributed by atoms with Crippen LogP contribution in [-0.4, -0.2) is 53.8 Å². The van der Waals surface area contributed by atoms with Gasteiger partial charge in [0.2, 0.25) is 0 Å². The molecule has 1 aliphatic heterocycles. The van der Waals surface area contributed by atoms with Gasteiger partial charge in [-0.2, -0.15) is 5.10 Å². The lowest BCUT2D eigenvalue weighted by Crippen LogP contribution is -2.47. The molecule has 3 heterocycles. The van der Waals surface area contributed by atoms with Crippen molar-refractivity contribution in [3.8, 4) is 0 Å². The van der Waals surface area contributed by atoms with Crippen molar-refractivity contribution in [3.05, 3.63) is 89.7 Å². The fraction of sp³-hybridized carbons (Fsp3) is 0.375. The van der Waals surface area contributed by atoms with E-state index in [1.807, 2.05) is 18.2 Å². The minimum atomic E-state index is -0.0226. The summed E-state index contributed by atoms with van der Waals surface area (Å²) in [5.74, 6) is 2.45. The highest BCUT2D eigenvalue weighted by atomic mass is 16.1. The van der Waals surface area contributed by atoms with Gasteiger partial charge in [-0.25, -0.2) is 4.98 Å². The number of fused-ring (bicyclic) bond motifs is 1. The Kier molecular flexibility index (Phi) is 7.66. The van der Waals surface area contributed by atoms with Crippen molar-refractivity contribution >= 4 is 28.3 Å². The van der Waals surface area contributed by atoms with Crippen molar-refractivity contribution in [2.75, 3.05) is 42.5 Å². The number of aromatic nitrogens is 3. The first-order chi connectivity index (χ1) is 19.2. The van der Waals surface area contributed by atoms with Crippen LogP contribution >= 0.6 is 0 Å². The zero-order valence-electron chi connectivity index (χ0n) is 22.4. The van der Waals surface area contributed by atoms with Crippen molar-refractivity contribution in [1.82, 2.24) is 20.5 Å². The predicted molar refractivity (Wildman–Crippen MR) is 156 cm³/mol. The summed E-state index contributed by atoms with van der Waals surface area (Å²) in [7, 11) is 0. The molecule has 0 bridgehead atoms. The standard InChI is InChI=1S/C32H36N6O/c39-32(34-22-25-11-5-2-6-12-25)26-15-16-30(33-23-26)37-17-19-38(20-18-37)31-28-14-8-7-13-27(28)29(35-36-31)21-24-9-3-1-4-10-24/h1,3-4,7-10,13-16,23,25H,2,5-6,11-12,17-22H2,(H,34,39). The number of pyridine rings is 1. The van der Waals surface area contributed by atoms with E-state index in [-0.39, 0.29) is 5.91 Å². The molecule has 2 aliphatic rings. The molecule has 0 atom stereocenters. The van der Waals surface area contributed by atoms with Gasteiger partial charge in [0.25, 0.3) is 5.91 Å². The summed E-state index contributed by atoms with van der Waals surface area (Å²) in [6, 6.07) is 22.8. The summed E-state index contributed by atoms with van der Waals surface area (Å²) < 4.78 is 0. The molecule has 1 N–H and O–H groups in total. The Morgan fingerprint density at radius 3 is 2.26 bits per heavy atom. The van der Waals surface area contributed by atoms with Crippen molar-refractivity contribution in [2.24, 2.45) is 5.92 Å². The number of nitrogens with one attached hydrogen (secondary N) is 1. The predicted octanol–water partition coefficient (Wildman–Crippen LogP) is 5.25. The summed E-state index contributed by atoms with van der Waals surface area (Å²) >= 11 is 0. The lowest BCUT2D eigenvalue weighted by atomic mass is 9.89. The fourth-order valence-corrected chi connectivity index (χ4v) is 5.88. The number of hydrogen-bond acceptors (Lipinski definition) is 6. The molecular weight excluding hydrogens is 484 g/mol. The normalized spacial score (nSPS) is 16.4. The first kappa shape index (κ1) is 25.3. The molecule has 4 aromatic rings. The van der Waals surface area contributed by atoms with E-state index in [0.717, 1.165) is 67.2 Å². The third-order valence-corrected chi connectivity index (χ3v) is 8.15. The highest BCUT2D eigenvalue weighted by molar-refractivity contribution is 5.94. The minimum absolute atomic E-state index is 0.0226. The van der Waals surface area contributed by atoms with Gasteiger partial charge in [0.1, 0.15) is 5.82 Å². The van der Waals surface area contributed by atoms with Crippen LogP contribution < -0.4 is 15.1 Å². The second-order valence-electron chi connectivity index (χ2n) is 10.8. The summed E-state index contributed by atoms with van der Waals surface area (Å²) in [6.45, 7) is 4.11. The Labute approximate surface area is 230 Å². The van der Waals surface area contributed by atoms with Crippen LogP contribution in [0.15, 0.2) is 72.9 Å². The van der Waals surface area contributed by atoms with Crippen LogP contribution in [0, 0.1) is 5.92 Å². The number of carbonyl (C=O) groups excluding carboxylic acids is 1. The Bertz CT molecular complexity index is 1390. The molecule has 1 saturated carbocycles. The highest BCUT2D eigenvalue weighted by Crippen LogP contribution is 2.28. The van der Waals surface area contributed by atoms with E-state index >= 15 is 0 Å². The molecule has 0 radical (unpaired) electrons. The van der Waals surface area contributed by atoms with E-state index in [1.165, 1.54) is 37.7 Å². The van der Waals surface area contributed by atoms with Crippen molar-refractivity contribution in [1.29, 1.82) is 0 Å². The van der Waals surface area contributed by atoms with E-state index in [4.69, 9.17) is 5.10 Å². The monoisotopic (exact) mass is 520 g/mol. The molecule has 2 aromatic heterocycles. The maximum Gasteiger partial charge on any atom is 0.252 e. The number of benzene rings is 2. The molecule has 7 nitrogen and oxygen atoms in total. The quantitative estimate of drug-likeness (QED) is 0.359. The van der Waals surface area contributed by atoms with Gasteiger partial charge in [-0.05, 0) is 36.5 Å². The van der Waals surface area contributed by atoms with Gasteiger partial charge < -0.3 is 15.1 Å². The number of carbonyl (C=O) groups is 1. The average Bonchev–Trinajstić information content (AvgIpc) is 3.01. The number of nitrogens with zero attached hydrogens (tertiary/aromatic N) is 5. The molecule has 0 spiro atoms. The van der Waals surface area contributed by atoms with Crippen LogP contribution in [0.25, 0.3) is 10.8 Å². The third-order valence-electron chi connectivity index (χ3n) is 8.15. The van der Waals surface area contributed by atoms with Gasteiger partial charge in [0.05, 0.1) is 11.3 Å². The van der Waals surface area contributed by atoms with Gasteiger partial charge in [-0.1, -0.05) is 73.9 Å². The van der Waals surface area contributed by atoms with E-state index < -0.39 is 0 Å². The summed E-state index contributed by atoms with van der Waals surface area (Å²) in [6.07, 6.45) is 8.82. The molecular formula is C32H36N6O. The number of anilines is 2. The lowest BCUT2D eigenvalue weighted by molar-refractivity contribution is 0.0943. The van der Waals surface area contributed by atoms with Crippen LogP contribution in [0.1, 0.15) is 53.7 Å². The molecule has 7 heteroatoms. The van der Waals surface area contributed by atoms with Gasteiger partial charge in [0.15, 0.2) is 5.82 Å². The maximum atomic E-state index is 12.6. The van der Waals surface area contributed by atoms with Crippen LogP contribution in [0.2, 0.25) is 0 Å². The third kappa shape index (κ3) is 5.87. The maximum absolute atomic E-state index is 12.6. The Morgan fingerprint density at radius 1 is 0.795 bits per heavy atom. The molecule has 200 valence electrons. The topological polar surface area (TPSA) is 74.2 Å². The van der Waals surface area contributed by atoms with Gasteiger partial charge in [0, 0.05) is 56.1 Å². The Morgan fingerprint density at radius 2 is 1.51 bits per heavy atom. The molecule has 39 heavy (non-hydrogen) atoms. The molecule has 1 aliphatic carbocycles. The second kappa shape index (κ2) is 11.8. The number of piperazine rings is 1. The summed E-state index contributed by atoms with van der Waals surface area (Å²) in [5, 5.41) is 14.8. The highest BCUT2D eigenvalue weighted by Gasteiger charge is 2.22. The van der Waals surface area contributed by atoms with Crippen LogP contribution in [0.4, 0.5) is 11.6 Å². The van der Waals surface area contributed by atoms with E-state index in [1.54, 1.807) is 6.20 Å². The second-order valence-corrected chi connectivity index (χ2v) is 10.8. The van der Waals surface area contributed by atoms with E-state index in [9.17, 15) is 4.79 Å². The zero-order valence-corrected chi connectivity index (χ0v) is 22.4. The zero-order chi connectivity index (χ0) is 26.4. The van der Waals surface area contributed by atoms with Crippen LogP contribution in [0.3, 0.4) is 0 Å². The first-order valence-corrected chi connectivity index (χ1v) is 14.3. The average molecular weight is 521 g/mol. The van der Waals surface area contributed by atoms with Crippen LogP contribution in [0.5, 0.6) is 0 Å². The number of rotatable bonds is 7. The van der Waals surface area contributed by atoms with Crippen molar-refractivity contribution < 1.29 is 4.79 Å². The SMILES string of the molecule is O=C(NCC1CCCCC1)c1ccc(N2CCN(c3nnc(Cc4ccccc4)c4ccccc34)CC2)nc1. The van der Waals surface area contributed by atoms with Crippen molar-refractivity contribution in [2.45, 2.75) is 38.5 Å². The minimum Gasteiger partial charge on any atom is -0.353 e. The molecule has 0 unspecified atom stereocenters. The van der Waals surface area contributed by atoms with Gasteiger partial charge in [-0.3, -0.25) is 4.79 Å².